The first kappa shape index (κ1) is 21.2. The molecule has 3 aliphatic carbocycles. The van der Waals surface area contributed by atoms with Crippen LogP contribution in [-0.2, 0) is 4.79 Å². The Balaban J connectivity index is 1.32. The minimum absolute atomic E-state index is 0.0984. The topological polar surface area (TPSA) is 49.4 Å². The highest BCUT2D eigenvalue weighted by molar-refractivity contribution is 7.12. The maximum atomic E-state index is 12.7. The van der Waals surface area contributed by atoms with E-state index in [9.17, 15) is 9.59 Å². The molecule has 5 rings (SSSR count). The number of hydrogen-bond donors (Lipinski definition) is 1. The SMILES string of the molecule is Cc1ccsc1C(=O)NC[C@H]1CC[C@H]2[C@@H]3CC[C@H]4N(C)C(=O)C=C[C@]4(C)[C@H]3CC[C@]12C. The molecule has 0 aromatic carbocycles. The molecule has 0 unspecified atom stereocenters. The fourth-order valence-corrected chi connectivity index (χ4v) is 8.93. The van der Waals surface area contributed by atoms with Crippen LogP contribution in [-0.4, -0.2) is 36.3 Å². The summed E-state index contributed by atoms with van der Waals surface area (Å²) < 4.78 is 0. The first-order valence-electron chi connectivity index (χ1n) is 12.0. The molecule has 0 saturated heterocycles. The van der Waals surface area contributed by atoms with Crippen LogP contribution in [0.4, 0.5) is 0 Å². The molecule has 4 nitrogen and oxygen atoms in total. The van der Waals surface area contributed by atoms with E-state index >= 15 is 0 Å². The van der Waals surface area contributed by atoms with Crippen molar-refractivity contribution < 1.29 is 9.59 Å². The summed E-state index contributed by atoms with van der Waals surface area (Å²) in [6.07, 6.45) is 11.4. The van der Waals surface area contributed by atoms with Crippen LogP contribution in [0.5, 0.6) is 0 Å². The Morgan fingerprint density at radius 1 is 1.19 bits per heavy atom. The standard InChI is InChI=1S/C26H36N2O2S/c1-16-11-14-31-23(16)24(30)27-15-17-5-7-19-18-6-8-21-26(3,13-10-22(29)28(21)4)20(18)9-12-25(17,19)2/h10-11,13-14,17-21H,5-9,12,15H2,1-4H3,(H,27,30)/t17-,18+,19+,20+,21-,25-,26-/m1/s1. The van der Waals surface area contributed by atoms with Crippen LogP contribution in [0.2, 0.25) is 0 Å². The number of nitrogens with one attached hydrogen (secondary N) is 1. The van der Waals surface area contributed by atoms with Crippen LogP contribution in [0.1, 0.15) is 67.6 Å². The van der Waals surface area contributed by atoms with Gasteiger partial charge in [0.15, 0.2) is 0 Å². The van der Waals surface area contributed by atoms with Gasteiger partial charge in [-0.3, -0.25) is 9.59 Å². The summed E-state index contributed by atoms with van der Waals surface area (Å²) in [5.41, 5.74) is 1.51. The van der Waals surface area contributed by atoms with Crippen molar-refractivity contribution in [1.29, 1.82) is 0 Å². The van der Waals surface area contributed by atoms with Gasteiger partial charge in [0.05, 0.1) is 4.88 Å². The lowest BCUT2D eigenvalue weighted by molar-refractivity contribution is -0.138. The first-order chi connectivity index (χ1) is 14.8. The lowest BCUT2D eigenvalue weighted by Gasteiger charge is -2.60. The number of fused-ring (bicyclic) bond motifs is 5. The Labute approximate surface area is 190 Å². The van der Waals surface area contributed by atoms with Crippen molar-refractivity contribution in [2.24, 2.45) is 34.5 Å². The van der Waals surface area contributed by atoms with Crippen molar-refractivity contribution in [2.75, 3.05) is 13.6 Å². The molecule has 168 valence electrons. The van der Waals surface area contributed by atoms with Crippen LogP contribution in [0, 0.1) is 41.4 Å². The third kappa shape index (κ3) is 3.13. The van der Waals surface area contributed by atoms with E-state index in [1.165, 1.54) is 32.1 Å². The van der Waals surface area contributed by atoms with Gasteiger partial charge in [0.1, 0.15) is 0 Å². The number of nitrogens with zero attached hydrogens (tertiary/aromatic N) is 1. The number of aryl methyl sites for hydroxylation is 1. The number of likely N-dealkylation sites (N-methyl/N-ethyl adjacent to an activating group) is 1. The second kappa shape index (κ2) is 7.47. The quantitative estimate of drug-likeness (QED) is 0.716. The van der Waals surface area contributed by atoms with Gasteiger partial charge in [-0.15, -0.1) is 11.3 Å². The summed E-state index contributed by atoms with van der Waals surface area (Å²) >= 11 is 1.54. The highest BCUT2D eigenvalue weighted by atomic mass is 32.1. The minimum Gasteiger partial charge on any atom is -0.351 e. The Hall–Kier alpha value is -1.62. The van der Waals surface area contributed by atoms with E-state index in [0.29, 0.717) is 23.3 Å². The summed E-state index contributed by atoms with van der Waals surface area (Å²) in [7, 11) is 1.99. The Kier molecular flexibility index (Phi) is 5.12. The number of thiophene rings is 1. The summed E-state index contributed by atoms with van der Waals surface area (Å²) in [6, 6.07) is 2.37. The van der Waals surface area contributed by atoms with Gasteiger partial charge in [0, 0.05) is 25.0 Å². The second-order valence-corrected chi connectivity index (χ2v) is 12.0. The minimum atomic E-state index is 0.0984. The van der Waals surface area contributed by atoms with Crippen LogP contribution in [0.25, 0.3) is 0 Å². The molecular formula is C26H36N2O2S. The second-order valence-electron chi connectivity index (χ2n) is 11.1. The smallest absolute Gasteiger partial charge is 0.261 e. The summed E-state index contributed by atoms with van der Waals surface area (Å²) in [5, 5.41) is 5.28. The molecule has 31 heavy (non-hydrogen) atoms. The van der Waals surface area contributed by atoms with Gasteiger partial charge >= 0.3 is 0 Å². The normalized spacial score (nSPS) is 41.5. The van der Waals surface area contributed by atoms with Gasteiger partial charge in [-0.1, -0.05) is 19.9 Å². The van der Waals surface area contributed by atoms with Crippen LogP contribution >= 0.6 is 11.3 Å². The van der Waals surface area contributed by atoms with Crippen LogP contribution in [0.3, 0.4) is 0 Å². The highest BCUT2D eigenvalue weighted by Gasteiger charge is 2.60. The number of hydrogen-bond acceptors (Lipinski definition) is 3. The maximum absolute atomic E-state index is 12.7. The van der Waals surface area contributed by atoms with Crippen molar-refractivity contribution >= 4 is 23.2 Å². The Bertz CT molecular complexity index is 922. The molecule has 2 heterocycles. The first-order valence-corrected chi connectivity index (χ1v) is 12.9. The van der Waals surface area contributed by atoms with Crippen molar-refractivity contribution in [1.82, 2.24) is 10.2 Å². The molecule has 4 aliphatic rings. The fraction of sp³-hybridized carbons (Fsp3) is 0.692. The van der Waals surface area contributed by atoms with E-state index in [1.807, 2.05) is 36.4 Å². The van der Waals surface area contributed by atoms with Gasteiger partial charge in [-0.2, -0.15) is 0 Å². The van der Waals surface area contributed by atoms with E-state index in [2.05, 4.69) is 25.2 Å². The molecule has 5 heteroatoms. The Morgan fingerprint density at radius 2 is 2.00 bits per heavy atom. The summed E-state index contributed by atoms with van der Waals surface area (Å²) in [5.74, 6) is 2.98. The van der Waals surface area contributed by atoms with Gasteiger partial charge < -0.3 is 10.2 Å². The number of amides is 2. The molecule has 0 bridgehead atoms. The zero-order valence-electron chi connectivity index (χ0n) is 19.3. The molecule has 7 atom stereocenters. The number of rotatable bonds is 3. The molecule has 1 aromatic rings. The molecule has 3 fully saturated rings. The van der Waals surface area contributed by atoms with E-state index in [-0.39, 0.29) is 17.2 Å². The molecule has 0 spiro atoms. The monoisotopic (exact) mass is 440 g/mol. The largest absolute Gasteiger partial charge is 0.351 e. The third-order valence-corrected chi connectivity index (χ3v) is 10.9. The van der Waals surface area contributed by atoms with Crippen molar-refractivity contribution in [3.8, 4) is 0 Å². The highest BCUT2D eigenvalue weighted by Crippen LogP contribution is 2.65. The zero-order valence-corrected chi connectivity index (χ0v) is 20.1. The van der Waals surface area contributed by atoms with Crippen molar-refractivity contribution in [3.05, 3.63) is 34.0 Å². The molecule has 2 amide bonds. The van der Waals surface area contributed by atoms with E-state index in [4.69, 9.17) is 0 Å². The van der Waals surface area contributed by atoms with Gasteiger partial charge in [0.2, 0.25) is 5.91 Å². The third-order valence-electron chi connectivity index (χ3n) is 9.90. The number of carbonyl (C=O) groups excluding carboxylic acids is 2. The van der Waals surface area contributed by atoms with E-state index in [0.717, 1.165) is 35.2 Å². The van der Waals surface area contributed by atoms with Gasteiger partial charge in [0.25, 0.3) is 5.91 Å². The van der Waals surface area contributed by atoms with Crippen LogP contribution < -0.4 is 5.32 Å². The number of carbonyl (C=O) groups is 2. The average Bonchev–Trinajstić information content (AvgIpc) is 3.32. The average molecular weight is 441 g/mol. The van der Waals surface area contributed by atoms with Crippen LogP contribution in [0.15, 0.2) is 23.6 Å². The summed E-state index contributed by atoms with van der Waals surface area (Å²) in [6.45, 7) is 7.74. The van der Waals surface area contributed by atoms with Crippen molar-refractivity contribution in [2.45, 2.75) is 65.3 Å². The van der Waals surface area contributed by atoms with Gasteiger partial charge in [-0.25, -0.2) is 0 Å². The molecule has 1 N–H and O–H groups in total. The Morgan fingerprint density at radius 3 is 2.74 bits per heavy atom. The lowest BCUT2D eigenvalue weighted by atomic mass is 9.47. The zero-order chi connectivity index (χ0) is 22.0. The van der Waals surface area contributed by atoms with Gasteiger partial charge in [-0.05, 0) is 97.6 Å². The maximum Gasteiger partial charge on any atom is 0.261 e. The summed E-state index contributed by atoms with van der Waals surface area (Å²) in [4.78, 5) is 27.8. The molecule has 1 aliphatic heterocycles. The molecular weight excluding hydrogens is 404 g/mol. The van der Waals surface area contributed by atoms with Crippen molar-refractivity contribution in [3.63, 3.8) is 0 Å². The van der Waals surface area contributed by atoms with E-state index in [1.54, 1.807) is 11.3 Å². The fourth-order valence-electron chi connectivity index (χ4n) is 8.08. The molecule has 1 aromatic heterocycles. The molecule has 0 radical (unpaired) electrons. The predicted octanol–water partition coefficient (Wildman–Crippen LogP) is 5.04. The lowest BCUT2D eigenvalue weighted by Crippen LogP contribution is -2.59. The molecule has 3 saturated carbocycles. The predicted molar refractivity (Wildman–Crippen MR) is 125 cm³/mol. The van der Waals surface area contributed by atoms with E-state index < -0.39 is 0 Å².